The zero-order valence-electron chi connectivity index (χ0n) is 12.1. The molecule has 0 aromatic carbocycles. The molecule has 1 unspecified atom stereocenters. The molecule has 0 aliphatic carbocycles. The van der Waals surface area contributed by atoms with Gasteiger partial charge in [0.2, 0.25) is 0 Å². The summed E-state index contributed by atoms with van der Waals surface area (Å²) in [5.74, 6) is 1.06. The van der Waals surface area contributed by atoms with Crippen molar-refractivity contribution in [1.29, 1.82) is 5.26 Å². The van der Waals surface area contributed by atoms with E-state index in [-0.39, 0.29) is 0 Å². The number of piperazine rings is 1. The normalized spacial score (nSPS) is 19.4. The summed E-state index contributed by atoms with van der Waals surface area (Å²) in [7, 11) is 0. The van der Waals surface area contributed by atoms with Crippen LogP contribution in [-0.2, 0) is 0 Å². The van der Waals surface area contributed by atoms with Gasteiger partial charge in [0.25, 0.3) is 0 Å². The van der Waals surface area contributed by atoms with E-state index in [4.69, 9.17) is 11.0 Å². The van der Waals surface area contributed by atoms with Gasteiger partial charge in [0.1, 0.15) is 11.4 Å². The topological polar surface area (TPSA) is 69.2 Å². The molecule has 1 fully saturated rings. The highest BCUT2D eigenvalue weighted by molar-refractivity contribution is 5.38. The number of nitriles is 1. The standard InChI is InChI=1S/C15H23N5/c1-15(17,13-16)6-4-8-19-9-11-20(12-10-19)14-5-2-3-7-18-14/h2-3,5,7H,4,6,8-12,17H2,1H3. The Kier molecular flexibility index (Phi) is 4.94. The molecule has 0 amide bonds. The highest BCUT2D eigenvalue weighted by Crippen LogP contribution is 2.14. The summed E-state index contributed by atoms with van der Waals surface area (Å²) in [5.41, 5.74) is 5.15. The monoisotopic (exact) mass is 273 g/mol. The summed E-state index contributed by atoms with van der Waals surface area (Å²) in [6, 6.07) is 8.18. The van der Waals surface area contributed by atoms with Crippen LogP contribution in [0.25, 0.3) is 0 Å². The zero-order valence-corrected chi connectivity index (χ0v) is 12.1. The summed E-state index contributed by atoms with van der Waals surface area (Å²) >= 11 is 0. The fourth-order valence-electron chi connectivity index (χ4n) is 2.47. The molecule has 1 aromatic heterocycles. The van der Waals surface area contributed by atoms with E-state index in [1.54, 1.807) is 6.92 Å². The first kappa shape index (κ1) is 14.8. The van der Waals surface area contributed by atoms with Crippen molar-refractivity contribution in [3.8, 4) is 6.07 Å². The van der Waals surface area contributed by atoms with Crippen LogP contribution >= 0.6 is 0 Å². The van der Waals surface area contributed by atoms with E-state index < -0.39 is 5.54 Å². The molecule has 2 N–H and O–H groups in total. The number of rotatable bonds is 5. The lowest BCUT2D eigenvalue weighted by Gasteiger charge is -2.35. The van der Waals surface area contributed by atoms with Crippen molar-refractivity contribution in [3.05, 3.63) is 24.4 Å². The lowest BCUT2D eigenvalue weighted by Crippen LogP contribution is -2.47. The van der Waals surface area contributed by atoms with E-state index in [0.717, 1.165) is 51.4 Å². The molecular weight excluding hydrogens is 250 g/mol. The molecule has 1 saturated heterocycles. The lowest BCUT2D eigenvalue weighted by atomic mass is 9.99. The van der Waals surface area contributed by atoms with Crippen LogP contribution in [0, 0.1) is 11.3 Å². The number of anilines is 1. The van der Waals surface area contributed by atoms with Crippen LogP contribution in [0.4, 0.5) is 5.82 Å². The molecule has 1 aliphatic heterocycles. The van der Waals surface area contributed by atoms with Crippen LogP contribution in [-0.4, -0.2) is 48.1 Å². The van der Waals surface area contributed by atoms with Crippen molar-refractivity contribution in [1.82, 2.24) is 9.88 Å². The fraction of sp³-hybridized carbons (Fsp3) is 0.600. The predicted molar refractivity (Wildman–Crippen MR) is 80.3 cm³/mol. The molecule has 1 aromatic rings. The average Bonchev–Trinajstić information content (AvgIpc) is 2.49. The van der Waals surface area contributed by atoms with Gasteiger partial charge in [0, 0.05) is 32.4 Å². The number of hydrogen-bond acceptors (Lipinski definition) is 5. The molecule has 2 rings (SSSR count). The first-order valence-electron chi connectivity index (χ1n) is 7.19. The molecule has 1 aliphatic rings. The molecule has 5 heteroatoms. The van der Waals surface area contributed by atoms with E-state index in [9.17, 15) is 0 Å². The Balaban J connectivity index is 1.71. The lowest BCUT2D eigenvalue weighted by molar-refractivity contribution is 0.247. The molecule has 0 spiro atoms. The SMILES string of the molecule is CC(N)(C#N)CCCN1CCN(c2ccccn2)CC1. The summed E-state index contributed by atoms with van der Waals surface area (Å²) in [5, 5.41) is 8.89. The number of pyridine rings is 1. The highest BCUT2D eigenvalue weighted by Gasteiger charge is 2.20. The molecule has 5 nitrogen and oxygen atoms in total. The summed E-state index contributed by atoms with van der Waals surface area (Å²) in [6.45, 7) is 6.93. The van der Waals surface area contributed by atoms with Gasteiger partial charge >= 0.3 is 0 Å². The quantitative estimate of drug-likeness (QED) is 0.873. The van der Waals surface area contributed by atoms with Crippen molar-refractivity contribution >= 4 is 5.82 Å². The Labute approximate surface area is 121 Å². The molecule has 20 heavy (non-hydrogen) atoms. The van der Waals surface area contributed by atoms with Crippen LogP contribution in [0.2, 0.25) is 0 Å². The van der Waals surface area contributed by atoms with Crippen LogP contribution in [0.3, 0.4) is 0 Å². The van der Waals surface area contributed by atoms with E-state index in [0.29, 0.717) is 0 Å². The second kappa shape index (κ2) is 6.69. The van der Waals surface area contributed by atoms with Gasteiger partial charge in [-0.15, -0.1) is 0 Å². The average molecular weight is 273 g/mol. The van der Waals surface area contributed by atoms with Gasteiger partial charge < -0.3 is 10.6 Å². The maximum absolute atomic E-state index is 8.89. The van der Waals surface area contributed by atoms with E-state index >= 15 is 0 Å². The zero-order chi connectivity index (χ0) is 14.4. The van der Waals surface area contributed by atoms with Gasteiger partial charge in [0.05, 0.1) is 6.07 Å². The summed E-state index contributed by atoms with van der Waals surface area (Å²) in [6.07, 6.45) is 3.57. The minimum atomic E-state index is -0.685. The summed E-state index contributed by atoms with van der Waals surface area (Å²) < 4.78 is 0. The maximum Gasteiger partial charge on any atom is 0.128 e. The van der Waals surface area contributed by atoms with E-state index in [1.807, 2.05) is 18.3 Å². The van der Waals surface area contributed by atoms with Crippen molar-refractivity contribution in [2.24, 2.45) is 5.73 Å². The highest BCUT2D eigenvalue weighted by atomic mass is 15.3. The van der Waals surface area contributed by atoms with Crippen molar-refractivity contribution in [2.45, 2.75) is 25.3 Å². The van der Waals surface area contributed by atoms with Crippen LogP contribution in [0.1, 0.15) is 19.8 Å². The third kappa shape index (κ3) is 4.19. The molecule has 1 atom stereocenters. The van der Waals surface area contributed by atoms with Crippen molar-refractivity contribution < 1.29 is 0 Å². The summed E-state index contributed by atoms with van der Waals surface area (Å²) in [4.78, 5) is 9.14. The molecule has 108 valence electrons. The Bertz CT molecular complexity index is 443. The minimum absolute atomic E-state index is 0.685. The third-order valence-electron chi connectivity index (χ3n) is 3.77. The first-order valence-corrected chi connectivity index (χ1v) is 7.19. The predicted octanol–water partition coefficient (Wildman–Crippen LogP) is 1.22. The number of aromatic nitrogens is 1. The minimum Gasteiger partial charge on any atom is -0.354 e. The van der Waals surface area contributed by atoms with Gasteiger partial charge in [-0.3, -0.25) is 4.90 Å². The van der Waals surface area contributed by atoms with Gasteiger partial charge in [-0.05, 0) is 38.4 Å². The molecule has 0 saturated carbocycles. The van der Waals surface area contributed by atoms with Crippen molar-refractivity contribution in [3.63, 3.8) is 0 Å². The van der Waals surface area contributed by atoms with Crippen LogP contribution < -0.4 is 10.6 Å². The largest absolute Gasteiger partial charge is 0.354 e. The fourth-order valence-corrected chi connectivity index (χ4v) is 2.47. The van der Waals surface area contributed by atoms with Crippen LogP contribution in [0.5, 0.6) is 0 Å². The Morgan fingerprint density at radius 1 is 1.35 bits per heavy atom. The molecule has 0 radical (unpaired) electrons. The second-order valence-electron chi connectivity index (χ2n) is 5.65. The molecule has 0 bridgehead atoms. The smallest absolute Gasteiger partial charge is 0.128 e. The molecule has 2 heterocycles. The number of nitrogens with two attached hydrogens (primary N) is 1. The maximum atomic E-state index is 8.89. The molecular formula is C15H23N5. The Morgan fingerprint density at radius 3 is 2.70 bits per heavy atom. The number of nitrogens with zero attached hydrogens (tertiary/aromatic N) is 4. The van der Waals surface area contributed by atoms with E-state index in [1.165, 1.54) is 0 Å². The van der Waals surface area contributed by atoms with Gasteiger partial charge in [-0.25, -0.2) is 4.98 Å². The van der Waals surface area contributed by atoms with Crippen LogP contribution in [0.15, 0.2) is 24.4 Å². The first-order chi connectivity index (χ1) is 9.61. The second-order valence-corrected chi connectivity index (χ2v) is 5.65. The number of hydrogen-bond donors (Lipinski definition) is 1. The van der Waals surface area contributed by atoms with Gasteiger partial charge in [0.15, 0.2) is 0 Å². The Hall–Kier alpha value is -1.64. The van der Waals surface area contributed by atoms with Gasteiger partial charge in [-0.2, -0.15) is 5.26 Å². The van der Waals surface area contributed by atoms with E-state index in [2.05, 4.69) is 26.9 Å². The third-order valence-corrected chi connectivity index (χ3v) is 3.77. The Morgan fingerprint density at radius 2 is 2.10 bits per heavy atom. The van der Waals surface area contributed by atoms with Gasteiger partial charge in [-0.1, -0.05) is 6.07 Å². The van der Waals surface area contributed by atoms with Crippen molar-refractivity contribution in [2.75, 3.05) is 37.6 Å².